The second-order valence-electron chi connectivity index (χ2n) is 10.9. The highest BCUT2D eigenvalue weighted by molar-refractivity contribution is 5.35. The molecule has 1 aromatic rings. The third-order valence-electron chi connectivity index (χ3n) is 6.96. The summed E-state index contributed by atoms with van der Waals surface area (Å²) < 4.78 is 33.8. The minimum absolute atomic E-state index is 0.133. The summed E-state index contributed by atoms with van der Waals surface area (Å²) in [7, 11) is 0. The van der Waals surface area contributed by atoms with Crippen molar-refractivity contribution in [3.05, 3.63) is 82.4 Å². The summed E-state index contributed by atoms with van der Waals surface area (Å²) in [5.41, 5.74) is 0.912. The minimum atomic E-state index is -1.69. The van der Waals surface area contributed by atoms with Crippen molar-refractivity contribution in [1.82, 2.24) is 0 Å². The number of aliphatic hydroxyl groups is 8. The molecular formula is C32H44O14. The first kappa shape index (κ1) is 37.2. The number of hydrogen-bond acceptors (Lipinski definition) is 14. The quantitative estimate of drug-likeness (QED) is 0.163. The zero-order chi connectivity index (χ0) is 34.0. The molecule has 10 atom stereocenters. The van der Waals surface area contributed by atoms with Crippen molar-refractivity contribution in [3.8, 4) is 0 Å². The highest BCUT2D eigenvalue weighted by atomic mass is 16.7. The highest BCUT2D eigenvalue weighted by Gasteiger charge is 2.47. The summed E-state index contributed by atoms with van der Waals surface area (Å²) in [6.07, 6.45) is -9.01. The van der Waals surface area contributed by atoms with E-state index in [2.05, 4.69) is 0 Å². The lowest BCUT2D eigenvalue weighted by Crippen LogP contribution is -2.61. The summed E-state index contributed by atoms with van der Waals surface area (Å²) >= 11 is 0. The normalized spacial score (nSPS) is 32.9. The molecule has 2 aliphatic rings. The Labute approximate surface area is 265 Å². The van der Waals surface area contributed by atoms with Crippen molar-refractivity contribution in [3.63, 3.8) is 0 Å². The van der Waals surface area contributed by atoms with Gasteiger partial charge in [-0.05, 0) is 76.3 Å². The molecule has 256 valence electrons. The van der Waals surface area contributed by atoms with Gasteiger partial charge in [-0.1, -0.05) is 12.1 Å². The van der Waals surface area contributed by atoms with Crippen LogP contribution in [0.3, 0.4) is 0 Å². The molecule has 46 heavy (non-hydrogen) atoms. The molecule has 3 heterocycles. The van der Waals surface area contributed by atoms with E-state index in [1.54, 1.807) is 82.3 Å². The van der Waals surface area contributed by atoms with Crippen LogP contribution in [0.5, 0.6) is 0 Å². The van der Waals surface area contributed by atoms with Crippen LogP contribution in [-0.4, -0.2) is 115 Å². The Morgan fingerprint density at radius 3 is 1.74 bits per heavy atom. The van der Waals surface area contributed by atoms with Gasteiger partial charge in [0.15, 0.2) is 6.29 Å². The summed E-state index contributed by atoms with van der Waals surface area (Å²) in [5.74, 6) is 1.49. The van der Waals surface area contributed by atoms with E-state index in [-0.39, 0.29) is 11.5 Å². The molecule has 2 saturated heterocycles. The molecule has 1 aromatic heterocycles. The van der Waals surface area contributed by atoms with Crippen LogP contribution in [0.15, 0.2) is 68.9 Å². The molecular weight excluding hydrogens is 608 g/mol. The first-order chi connectivity index (χ1) is 21.8. The Bertz CT molecular complexity index is 1420. The smallest absolute Gasteiger partial charge is 0.228 e. The Balaban J connectivity index is 1.78. The topological polar surface area (TPSA) is 225 Å². The van der Waals surface area contributed by atoms with E-state index in [1.165, 1.54) is 6.08 Å². The van der Waals surface area contributed by atoms with E-state index in [0.29, 0.717) is 22.4 Å². The standard InChI is InChI=1S/C32H44O14/c1-17(34)11-13-21-9-5-7-19(3)43-22(10-6-8-18(2)42-21)14-12-20(4)44-32-30(40)28(38)26(36)24(46-32)16-41-31-29(39)27(37)25(35)23(15-33)45-31/h5-14,23-40H,15-16H2,1-4H3/b9-5?,10-6?,17-11-,18-8?,19-7?,20-12-,21-13-,22-14-/t23-,24-,25-,26-,27+,28+,29-,30-,31-,32-/m1/s1. The van der Waals surface area contributed by atoms with Gasteiger partial charge in [0, 0.05) is 0 Å². The van der Waals surface area contributed by atoms with Crippen molar-refractivity contribution in [2.45, 2.75) is 89.1 Å². The van der Waals surface area contributed by atoms with Crippen LogP contribution in [-0.2, 0) is 18.9 Å². The molecule has 0 radical (unpaired) electrons. The molecule has 0 bridgehead atoms. The van der Waals surface area contributed by atoms with Crippen molar-refractivity contribution in [2.75, 3.05) is 13.2 Å². The largest absolute Gasteiger partial charge is 0.513 e. The third-order valence-corrected chi connectivity index (χ3v) is 6.96. The number of hydrogen-bond donors (Lipinski definition) is 8. The van der Waals surface area contributed by atoms with Crippen LogP contribution >= 0.6 is 0 Å². The number of ether oxygens (including phenoxy) is 4. The highest BCUT2D eigenvalue weighted by Crippen LogP contribution is 2.26. The van der Waals surface area contributed by atoms with Gasteiger partial charge in [-0.25, -0.2) is 0 Å². The second-order valence-corrected chi connectivity index (χ2v) is 10.9. The number of rotatable bonds is 8. The Morgan fingerprint density at radius 2 is 1.20 bits per heavy atom. The van der Waals surface area contributed by atoms with E-state index in [9.17, 15) is 40.9 Å². The lowest BCUT2D eigenvalue weighted by atomic mass is 9.98. The maximum Gasteiger partial charge on any atom is 0.228 e. The fraction of sp³-hybridized carbons (Fsp3) is 0.500. The van der Waals surface area contributed by atoms with Gasteiger partial charge in [-0.3, -0.25) is 0 Å². The van der Waals surface area contributed by atoms with Gasteiger partial charge in [0.2, 0.25) is 6.29 Å². The fourth-order valence-electron chi connectivity index (χ4n) is 4.42. The Morgan fingerprint density at radius 1 is 0.696 bits per heavy atom. The lowest BCUT2D eigenvalue weighted by Gasteiger charge is -2.42. The van der Waals surface area contributed by atoms with E-state index >= 15 is 0 Å². The van der Waals surface area contributed by atoms with Gasteiger partial charge in [0.05, 0.1) is 24.7 Å². The minimum Gasteiger partial charge on any atom is -0.513 e. The molecule has 2 fully saturated rings. The van der Waals surface area contributed by atoms with Gasteiger partial charge in [0.1, 0.15) is 71.2 Å². The predicted octanol–water partition coefficient (Wildman–Crippen LogP) is -0.694. The van der Waals surface area contributed by atoms with Crippen LogP contribution in [0.1, 0.15) is 25.4 Å². The number of allylic oxidation sites excluding steroid dienone is 4. The maximum atomic E-state index is 10.5. The summed E-state index contributed by atoms with van der Waals surface area (Å²) in [6, 6.07) is 10.3. The van der Waals surface area contributed by atoms with Gasteiger partial charge in [0.25, 0.3) is 0 Å². The van der Waals surface area contributed by atoms with E-state index in [4.69, 9.17) is 27.8 Å². The van der Waals surface area contributed by atoms with Crippen LogP contribution in [0.2, 0.25) is 0 Å². The van der Waals surface area contributed by atoms with Gasteiger partial charge >= 0.3 is 0 Å². The van der Waals surface area contributed by atoms with Crippen LogP contribution < -0.4 is 10.8 Å². The first-order valence-corrected chi connectivity index (χ1v) is 14.6. The van der Waals surface area contributed by atoms with E-state index in [0.717, 1.165) is 0 Å². The third kappa shape index (κ3) is 10.6. The molecule has 0 unspecified atom stereocenters. The van der Waals surface area contributed by atoms with E-state index in [1.807, 2.05) is 0 Å². The number of aryl methyl sites for hydroxylation is 2. The molecule has 3 rings (SSSR count). The van der Waals surface area contributed by atoms with Crippen molar-refractivity contribution in [2.24, 2.45) is 0 Å². The van der Waals surface area contributed by atoms with Gasteiger partial charge in [-0.15, -0.1) is 0 Å². The van der Waals surface area contributed by atoms with Crippen LogP contribution in [0.25, 0.3) is 12.2 Å². The zero-order valence-electron chi connectivity index (χ0n) is 26.0. The summed E-state index contributed by atoms with van der Waals surface area (Å²) in [4.78, 5) is 0. The van der Waals surface area contributed by atoms with Crippen LogP contribution in [0, 0.1) is 13.8 Å². The monoisotopic (exact) mass is 652 g/mol. The molecule has 0 amide bonds. The molecule has 8 N–H and O–H groups in total. The second kappa shape index (κ2) is 17.6. The fourth-order valence-corrected chi connectivity index (χ4v) is 4.42. The molecule has 0 saturated carbocycles. The molecule has 0 spiro atoms. The SMILES string of the molecule is C/C(O)=C/C=c1/cccc(C)o/c(=C\C=C(\C)O[C@@H]2O[C@H](CO[C@@H]3O[C@H](CO)[C@@H](O)[C@H](O)[C@H]3O)[C@@H](O)[C@H](O)[C@H]2O)cccc(C)o1. The average Bonchev–Trinajstić information content (AvgIpc) is 3.01. The zero-order valence-corrected chi connectivity index (χ0v) is 26.0. The molecule has 2 aliphatic heterocycles. The van der Waals surface area contributed by atoms with Crippen molar-refractivity contribution in [1.29, 1.82) is 0 Å². The van der Waals surface area contributed by atoms with Crippen LogP contribution in [0.4, 0.5) is 0 Å². The van der Waals surface area contributed by atoms with Crippen molar-refractivity contribution < 1.29 is 68.6 Å². The Kier molecular flexibility index (Phi) is 14.2. The average molecular weight is 653 g/mol. The lowest BCUT2D eigenvalue weighted by molar-refractivity contribution is -0.327. The Hall–Kier alpha value is -3.28. The molecule has 0 aliphatic carbocycles. The first-order valence-electron chi connectivity index (χ1n) is 14.6. The van der Waals surface area contributed by atoms with Gasteiger partial charge < -0.3 is 68.6 Å². The van der Waals surface area contributed by atoms with Gasteiger partial charge in [-0.2, -0.15) is 0 Å². The predicted molar refractivity (Wildman–Crippen MR) is 162 cm³/mol. The molecule has 0 aromatic carbocycles. The maximum absolute atomic E-state index is 10.5. The van der Waals surface area contributed by atoms with E-state index < -0.39 is 74.6 Å². The summed E-state index contributed by atoms with van der Waals surface area (Å²) in [6.45, 7) is 5.50. The molecule has 14 heteroatoms. The molecule has 14 nitrogen and oxygen atoms in total. The summed E-state index contributed by atoms with van der Waals surface area (Å²) in [5, 5.41) is 80.3. The van der Waals surface area contributed by atoms with Crippen molar-refractivity contribution >= 4 is 12.2 Å². The number of aliphatic hydroxyl groups excluding tert-OH is 8.